The summed E-state index contributed by atoms with van der Waals surface area (Å²) in [6.45, 7) is 5.64. The van der Waals surface area contributed by atoms with Gasteiger partial charge in [-0.25, -0.2) is 0 Å². The van der Waals surface area contributed by atoms with Crippen molar-refractivity contribution in [2.75, 3.05) is 12.3 Å². The highest BCUT2D eigenvalue weighted by Crippen LogP contribution is 2.17. The number of rotatable bonds is 6. The van der Waals surface area contributed by atoms with Gasteiger partial charge in [0.2, 0.25) is 0 Å². The fourth-order valence-corrected chi connectivity index (χ4v) is 2.12. The normalized spacial score (nSPS) is 11.3. The SMILES string of the molecule is CCSc1ccc(CCNC(=O)C(C)(C)O)cc1. The Morgan fingerprint density at radius 1 is 1.33 bits per heavy atom. The Hall–Kier alpha value is -1.00. The van der Waals surface area contributed by atoms with Gasteiger partial charge in [0, 0.05) is 11.4 Å². The first-order chi connectivity index (χ1) is 8.43. The van der Waals surface area contributed by atoms with Crippen LogP contribution in [0.1, 0.15) is 26.3 Å². The van der Waals surface area contributed by atoms with Gasteiger partial charge in [-0.05, 0) is 43.7 Å². The van der Waals surface area contributed by atoms with Crippen LogP contribution in [0, 0.1) is 0 Å². The van der Waals surface area contributed by atoms with E-state index in [9.17, 15) is 9.90 Å². The Labute approximate surface area is 113 Å². The molecule has 100 valence electrons. The zero-order chi connectivity index (χ0) is 13.6. The second-order valence-corrected chi connectivity index (χ2v) is 5.98. The van der Waals surface area contributed by atoms with Gasteiger partial charge in [-0.2, -0.15) is 0 Å². The lowest BCUT2D eigenvalue weighted by Crippen LogP contribution is -2.42. The van der Waals surface area contributed by atoms with Gasteiger partial charge >= 0.3 is 0 Å². The Bertz CT molecular complexity index is 382. The Morgan fingerprint density at radius 2 is 1.94 bits per heavy atom. The molecule has 3 nitrogen and oxygen atoms in total. The molecule has 0 bridgehead atoms. The van der Waals surface area contributed by atoms with Crippen LogP contribution in [-0.4, -0.2) is 28.9 Å². The summed E-state index contributed by atoms with van der Waals surface area (Å²) < 4.78 is 0. The summed E-state index contributed by atoms with van der Waals surface area (Å²) in [4.78, 5) is 12.7. The molecular formula is C14H21NO2S. The van der Waals surface area contributed by atoms with Crippen molar-refractivity contribution in [2.24, 2.45) is 0 Å². The largest absolute Gasteiger partial charge is 0.381 e. The maximum Gasteiger partial charge on any atom is 0.251 e. The molecule has 0 radical (unpaired) electrons. The molecule has 1 rings (SSSR count). The topological polar surface area (TPSA) is 49.3 Å². The highest BCUT2D eigenvalue weighted by atomic mass is 32.2. The molecule has 0 spiro atoms. The van der Waals surface area contributed by atoms with Gasteiger partial charge in [0.1, 0.15) is 5.60 Å². The summed E-state index contributed by atoms with van der Waals surface area (Å²) in [6, 6.07) is 8.35. The number of aliphatic hydroxyl groups is 1. The minimum absolute atomic E-state index is 0.333. The van der Waals surface area contributed by atoms with Crippen molar-refractivity contribution in [2.45, 2.75) is 37.7 Å². The molecule has 18 heavy (non-hydrogen) atoms. The van der Waals surface area contributed by atoms with Gasteiger partial charge < -0.3 is 10.4 Å². The molecule has 1 amide bonds. The monoisotopic (exact) mass is 267 g/mol. The second kappa shape index (κ2) is 6.81. The molecule has 1 aromatic rings. The number of thioether (sulfide) groups is 1. The minimum Gasteiger partial charge on any atom is -0.381 e. The molecule has 0 heterocycles. The van der Waals surface area contributed by atoms with Crippen LogP contribution in [0.15, 0.2) is 29.2 Å². The van der Waals surface area contributed by atoms with Crippen LogP contribution >= 0.6 is 11.8 Å². The van der Waals surface area contributed by atoms with Gasteiger partial charge in [0.25, 0.3) is 5.91 Å². The summed E-state index contributed by atoms with van der Waals surface area (Å²) in [5, 5.41) is 12.2. The van der Waals surface area contributed by atoms with E-state index in [1.54, 1.807) is 0 Å². The number of carbonyl (C=O) groups is 1. The third-order valence-corrected chi connectivity index (χ3v) is 3.38. The van der Waals surface area contributed by atoms with Crippen molar-refractivity contribution < 1.29 is 9.90 Å². The van der Waals surface area contributed by atoms with E-state index in [4.69, 9.17) is 0 Å². The van der Waals surface area contributed by atoms with E-state index in [1.807, 2.05) is 11.8 Å². The van der Waals surface area contributed by atoms with E-state index < -0.39 is 5.60 Å². The van der Waals surface area contributed by atoms with Crippen LogP contribution in [0.2, 0.25) is 0 Å². The van der Waals surface area contributed by atoms with Gasteiger partial charge in [-0.3, -0.25) is 4.79 Å². The summed E-state index contributed by atoms with van der Waals surface area (Å²) in [5.74, 6) is 0.738. The van der Waals surface area contributed by atoms with E-state index in [0.29, 0.717) is 6.54 Å². The van der Waals surface area contributed by atoms with Gasteiger partial charge in [-0.1, -0.05) is 19.1 Å². The highest BCUT2D eigenvalue weighted by Gasteiger charge is 2.22. The van der Waals surface area contributed by atoms with E-state index >= 15 is 0 Å². The third kappa shape index (κ3) is 5.10. The predicted molar refractivity (Wildman–Crippen MR) is 75.9 cm³/mol. The molecule has 0 saturated carbocycles. The molecule has 0 saturated heterocycles. The number of amides is 1. The van der Waals surface area contributed by atoms with Crippen molar-refractivity contribution in [1.29, 1.82) is 0 Å². The number of hydrogen-bond acceptors (Lipinski definition) is 3. The first-order valence-electron chi connectivity index (χ1n) is 6.16. The van der Waals surface area contributed by atoms with Crippen molar-refractivity contribution >= 4 is 17.7 Å². The smallest absolute Gasteiger partial charge is 0.251 e. The molecule has 4 heteroatoms. The summed E-state index contributed by atoms with van der Waals surface area (Å²) >= 11 is 1.81. The molecular weight excluding hydrogens is 246 g/mol. The Balaban J connectivity index is 2.38. The molecule has 0 fully saturated rings. The average Bonchev–Trinajstić information content (AvgIpc) is 2.30. The zero-order valence-corrected chi connectivity index (χ0v) is 12.0. The fraction of sp³-hybridized carbons (Fsp3) is 0.500. The summed E-state index contributed by atoms with van der Waals surface area (Å²) in [7, 11) is 0. The maximum atomic E-state index is 11.4. The first kappa shape index (κ1) is 15.1. The van der Waals surface area contributed by atoms with Gasteiger partial charge in [0.15, 0.2) is 0 Å². The number of benzene rings is 1. The lowest BCUT2D eigenvalue weighted by atomic mass is 10.1. The maximum absolute atomic E-state index is 11.4. The third-order valence-electron chi connectivity index (χ3n) is 2.49. The lowest BCUT2D eigenvalue weighted by molar-refractivity contribution is -0.136. The van der Waals surface area contributed by atoms with E-state index in [2.05, 4.69) is 36.5 Å². The van der Waals surface area contributed by atoms with Crippen molar-refractivity contribution in [1.82, 2.24) is 5.32 Å². The van der Waals surface area contributed by atoms with Crippen LogP contribution in [0.5, 0.6) is 0 Å². The standard InChI is InChI=1S/C14H21NO2S/c1-4-18-12-7-5-11(6-8-12)9-10-15-13(16)14(2,3)17/h5-8,17H,4,9-10H2,1-3H3,(H,15,16). The number of hydrogen-bond donors (Lipinski definition) is 2. The van der Waals surface area contributed by atoms with E-state index in [1.165, 1.54) is 24.3 Å². The zero-order valence-electron chi connectivity index (χ0n) is 11.2. The molecule has 1 aromatic carbocycles. The quantitative estimate of drug-likeness (QED) is 0.777. The van der Waals surface area contributed by atoms with Crippen LogP contribution < -0.4 is 5.32 Å². The molecule has 0 aliphatic heterocycles. The van der Waals surface area contributed by atoms with Gasteiger partial charge in [0.05, 0.1) is 0 Å². The van der Waals surface area contributed by atoms with Crippen molar-refractivity contribution in [3.8, 4) is 0 Å². The Kier molecular flexibility index (Phi) is 5.69. The summed E-state index contributed by atoms with van der Waals surface area (Å²) in [6.07, 6.45) is 0.777. The van der Waals surface area contributed by atoms with Crippen LogP contribution in [0.25, 0.3) is 0 Å². The minimum atomic E-state index is -1.30. The van der Waals surface area contributed by atoms with E-state index in [-0.39, 0.29) is 5.91 Å². The summed E-state index contributed by atoms with van der Waals surface area (Å²) in [5.41, 5.74) is -0.117. The van der Waals surface area contributed by atoms with Crippen LogP contribution in [0.3, 0.4) is 0 Å². The van der Waals surface area contributed by atoms with Crippen LogP contribution in [0.4, 0.5) is 0 Å². The molecule has 0 unspecified atom stereocenters. The highest BCUT2D eigenvalue weighted by molar-refractivity contribution is 7.99. The molecule has 0 atom stereocenters. The molecule has 2 N–H and O–H groups in total. The first-order valence-corrected chi connectivity index (χ1v) is 7.14. The lowest BCUT2D eigenvalue weighted by Gasteiger charge is -2.16. The second-order valence-electron chi connectivity index (χ2n) is 4.64. The molecule has 0 aliphatic rings. The number of carbonyl (C=O) groups excluding carboxylic acids is 1. The van der Waals surface area contributed by atoms with E-state index in [0.717, 1.165) is 12.2 Å². The van der Waals surface area contributed by atoms with Crippen molar-refractivity contribution in [3.63, 3.8) is 0 Å². The van der Waals surface area contributed by atoms with Crippen molar-refractivity contribution in [3.05, 3.63) is 29.8 Å². The number of nitrogens with one attached hydrogen (secondary N) is 1. The fourth-order valence-electron chi connectivity index (χ4n) is 1.46. The predicted octanol–water partition coefficient (Wildman–Crippen LogP) is 2.23. The van der Waals surface area contributed by atoms with Crippen LogP contribution in [-0.2, 0) is 11.2 Å². The average molecular weight is 267 g/mol. The molecule has 0 aliphatic carbocycles. The molecule has 0 aromatic heterocycles. The Morgan fingerprint density at radius 3 is 2.44 bits per heavy atom. The van der Waals surface area contributed by atoms with Gasteiger partial charge in [-0.15, -0.1) is 11.8 Å².